The zero-order chi connectivity index (χ0) is 22.9. The molecule has 32 heavy (non-hydrogen) atoms. The molecule has 2 amide bonds. The molecule has 0 bridgehead atoms. The van der Waals surface area contributed by atoms with E-state index in [0.29, 0.717) is 25.7 Å². The van der Waals surface area contributed by atoms with Crippen molar-refractivity contribution >= 4 is 23.5 Å². The molecule has 9 nitrogen and oxygen atoms in total. The van der Waals surface area contributed by atoms with Gasteiger partial charge in [0.15, 0.2) is 12.6 Å². The van der Waals surface area contributed by atoms with Gasteiger partial charge in [0.05, 0.1) is 12.2 Å². The van der Waals surface area contributed by atoms with Crippen LogP contribution in [0.25, 0.3) is 0 Å². The van der Waals surface area contributed by atoms with Crippen molar-refractivity contribution in [2.45, 2.75) is 32.2 Å². The lowest BCUT2D eigenvalue weighted by molar-refractivity contribution is -0.130. The van der Waals surface area contributed by atoms with E-state index in [-0.39, 0.29) is 18.4 Å². The predicted molar refractivity (Wildman–Crippen MR) is 126 cm³/mol. The standard InChI is InChI=1S/C23H36N6O3/c1-4-24-23(26-18-10-14-28(15-11-18)16-21(30)27(2)3)25-12-7-13-29-19-8-5-6-9-20(19)32-17-22(29)31/h5-6,8-9,18H,4,7,10-17H2,1-3H3,(H2,24,25,26). The van der Waals surface area contributed by atoms with E-state index in [1.165, 1.54) is 0 Å². The van der Waals surface area contributed by atoms with E-state index in [2.05, 4.69) is 22.5 Å². The molecule has 0 unspecified atom stereocenters. The lowest BCUT2D eigenvalue weighted by Crippen LogP contribution is -2.50. The fourth-order valence-corrected chi connectivity index (χ4v) is 3.90. The molecule has 1 aromatic rings. The summed E-state index contributed by atoms with van der Waals surface area (Å²) in [4.78, 5) is 34.6. The SMILES string of the molecule is CCNC(=NCCCN1C(=O)COc2ccccc21)NC1CCN(CC(=O)N(C)C)CC1. The fourth-order valence-electron chi connectivity index (χ4n) is 3.90. The molecule has 1 aromatic carbocycles. The highest BCUT2D eigenvalue weighted by Gasteiger charge is 2.25. The second-order valence-electron chi connectivity index (χ2n) is 8.40. The molecule has 0 spiro atoms. The van der Waals surface area contributed by atoms with E-state index >= 15 is 0 Å². The summed E-state index contributed by atoms with van der Waals surface area (Å²) in [6, 6.07) is 7.98. The number of rotatable bonds is 8. The number of aliphatic imine (C=N–C) groups is 1. The quantitative estimate of drug-likeness (QED) is 0.352. The maximum Gasteiger partial charge on any atom is 0.265 e. The number of piperidine rings is 1. The summed E-state index contributed by atoms with van der Waals surface area (Å²) < 4.78 is 5.50. The second kappa shape index (κ2) is 11.7. The average Bonchev–Trinajstić information content (AvgIpc) is 2.79. The molecule has 1 saturated heterocycles. The summed E-state index contributed by atoms with van der Waals surface area (Å²) in [5.74, 6) is 1.69. The molecule has 1 fully saturated rings. The second-order valence-corrected chi connectivity index (χ2v) is 8.40. The number of ether oxygens (including phenoxy) is 1. The first-order valence-electron chi connectivity index (χ1n) is 11.5. The van der Waals surface area contributed by atoms with Crippen LogP contribution >= 0.6 is 0 Å². The number of carbonyl (C=O) groups is 2. The minimum atomic E-state index is -0.0165. The number of likely N-dealkylation sites (N-methyl/N-ethyl adjacent to an activating group) is 1. The summed E-state index contributed by atoms with van der Waals surface area (Å²) in [5, 5.41) is 6.85. The number of para-hydroxylation sites is 2. The van der Waals surface area contributed by atoms with Gasteiger partial charge in [-0.1, -0.05) is 12.1 Å². The monoisotopic (exact) mass is 444 g/mol. The van der Waals surface area contributed by atoms with Crippen LogP contribution in [-0.2, 0) is 9.59 Å². The Hall–Kier alpha value is -2.81. The zero-order valence-corrected chi connectivity index (χ0v) is 19.5. The topological polar surface area (TPSA) is 89.5 Å². The van der Waals surface area contributed by atoms with Gasteiger partial charge in [-0.25, -0.2) is 0 Å². The van der Waals surface area contributed by atoms with Gasteiger partial charge in [-0.15, -0.1) is 0 Å². The highest BCUT2D eigenvalue weighted by Crippen LogP contribution is 2.31. The summed E-state index contributed by atoms with van der Waals surface area (Å²) >= 11 is 0. The van der Waals surface area contributed by atoms with Gasteiger partial charge in [0.25, 0.3) is 5.91 Å². The smallest absolute Gasteiger partial charge is 0.265 e. The lowest BCUT2D eigenvalue weighted by Gasteiger charge is -2.33. The number of fused-ring (bicyclic) bond motifs is 1. The van der Waals surface area contributed by atoms with Crippen LogP contribution < -0.4 is 20.3 Å². The van der Waals surface area contributed by atoms with Crippen molar-refractivity contribution in [3.05, 3.63) is 24.3 Å². The van der Waals surface area contributed by atoms with Crippen molar-refractivity contribution in [2.75, 3.05) is 64.9 Å². The molecule has 176 valence electrons. The van der Waals surface area contributed by atoms with Crippen LogP contribution in [0.2, 0.25) is 0 Å². The van der Waals surface area contributed by atoms with Gasteiger partial charge < -0.3 is 25.2 Å². The minimum absolute atomic E-state index is 0.0165. The Morgan fingerprint density at radius 1 is 1.25 bits per heavy atom. The van der Waals surface area contributed by atoms with E-state index in [0.717, 1.165) is 56.3 Å². The number of hydrogen-bond acceptors (Lipinski definition) is 5. The van der Waals surface area contributed by atoms with Crippen molar-refractivity contribution < 1.29 is 14.3 Å². The number of amides is 2. The van der Waals surface area contributed by atoms with Crippen LogP contribution in [0.3, 0.4) is 0 Å². The number of nitrogens with zero attached hydrogens (tertiary/aromatic N) is 4. The largest absolute Gasteiger partial charge is 0.482 e. The van der Waals surface area contributed by atoms with Gasteiger partial charge in [0.2, 0.25) is 5.91 Å². The molecule has 9 heteroatoms. The Balaban J connectivity index is 1.46. The molecule has 0 saturated carbocycles. The van der Waals surface area contributed by atoms with Crippen LogP contribution in [0.1, 0.15) is 26.2 Å². The molecule has 2 aliphatic rings. The molecule has 0 aliphatic carbocycles. The summed E-state index contributed by atoms with van der Waals surface area (Å²) in [5.41, 5.74) is 0.831. The van der Waals surface area contributed by atoms with Gasteiger partial charge >= 0.3 is 0 Å². The Morgan fingerprint density at radius 2 is 2.00 bits per heavy atom. The Labute approximate surface area is 190 Å². The van der Waals surface area contributed by atoms with Crippen LogP contribution in [0.4, 0.5) is 5.69 Å². The van der Waals surface area contributed by atoms with Crippen molar-refractivity contribution in [1.29, 1.82) is 0 Å². The summed E-state index contributed by atoms with van der Waals surface area (Å²) in [7, 11) is 3.59. The van der Waals surface area contributed by atoms with E-state index in [1.807, 2.05) is 24.3 Å². The number of nitrogens with one attached hydrogen (secondary N) is 2. The molecule has 0 atom stereocenters. The molecule has 3 rings (SSSR count). The van der Waals surface area contributed by atoms with Crippen molar-refractivity contribution in [1.82, 2.24) is 20.4 Å². The summed E-state index contributed by atoms with van der Waals surface area (Å²) in [6.07, 6.45) is 2.72. The van der Waals surface area contributed by atoms with Gasteiger partial charge in [0, 0.05) is 52.9 Å². The minimum Gasteiger partial charge on any atom is -0.482 e. The molecule has 2 N–H and O–H groups in total. The van der Waals surface area contributed by atoms with Gasteiger partial charge in [-0.2, -0.15) is 0 Å². The van der Waals surface area contributed by atoms with E-state index in [4.69, 9.17) is 9.73 Å². The first-order valence-corrected chi connectivity index (χ1v) is 11.5. The number of anilines is 1. The van der Waals surface area contributed by atoms with E-state index in [1.54, 1.807) is 23.9 Å². The fraction of sp³-hybridized carbons (Fsp3) is 0.609. The number of benzene rings is 1. The Kier molecular flexibility index (Phi) is 8.72. The highest BCUT2D eigenvalue weighted by atomic mass is 16.5. The molecule has 0 aromatic heterocycles. The van der Waals surface area contributed by atoms with Crippen LogP contribution in [0.5, 0.6) is 5.75 Å². The number of likely N-dealkylation sites (tertiary alicyclic amines) is 1. The molecule has 2 aliphatic heterocycles. The van der Waals surface area contributed by atoms with Gasteiger partial charge in [-0.3, -0.25) is 19.5 Å². The predicted octanol–water partition coefficient (Wildman–Crippen LogP) is 0.910. The lowest BCUT2D eigenvalue weighted by atomic mass is 10.1. The van der Waals surface area contributed by atoms with Crippen LogP contribution in [0, 0.1) is 0 Å². The average molecular weight is 445 g/mol. The molecular weight excluding hydrogens is 408 g/mol. The van der Waals surface area contributed by atoms with E-state index < -0.39 is 0 Å². The van der Waals surface area contributed by atoms with Crippen molar-refractivity contribution in [2.24, 2.45) is 4.99 Å². The highest BCUT2D eigenvalue weighted by molar-refractivity contribution is 5.97. The van der Waals surface area contributed by atoms with Crippen LogP contribution in [0.15, 0.2) is 29.3 Å². The third kappa shape index (κ3) is 6.59. The Morgan fingerprint density at radius 3 is 2.72 bits per heavy atom. The van der Waals surface area contributed by atoms with Crippen molar-refractivity contribution in [3.63, 3.8) is 0 Å². The maximum atomic E-state index is 12.3. The molecule has 2 heterocycles. The van der Waals surface area contributed by atoms with E-state index in [9.17, 15) is 9.59 Å². The van der Waals surface area contributed by atoms with Gasteiger partial charge in [0.1, 0.15) is 5.75 Å². The molecule has 0 radical (unpaired) electrons. The first kappa shape index (κ1) is 23.8. The van der Waals surface area contributed by atoms with Gasteiger partial charge in [-0.05, 0) is 38.3 Å². The number of guanidine groups is 1. The maximum absolute atomic E-state index is 12.3. The first-order chi connectivity index (χ1) is 15.5. The Bertz CT molecular complexity index is 805. The summed E-state index contributed by atoms with van der Waals surface area (Å²) in [6.45, 7) is 6.44. The molecular formula is C23H36N6O3. The number of carbonyl (C=O) groups excluding carboxylic acids is 2. The van der Waals surface area contributed by atoms with Crippen LogP contribution in [-0.4, -0.2) is 93.6 Å². The zero-order valence-electron chi connectivity index (χ0n) is 19.5. The number of hydrogen-bond donors (Lipinski definition) is 2. The third-order valence-electron chi connectivity index (χ3n) is 5.75. The normalized spacial score (nSPS) is 17.5. The third-order valence-corrected chi connectivity index (χ3v) is 5.75. The van der Waals surface area contributed by atoms with Crippen molar-refractivity contribution in [3.8, 4) is 5.75 Å².